The minimum atomic E-state index is -1.16. The largest absolute Gasteiger partial charge is 0.486 e. The van der Waals surface area contributed by atoms with E-state index >= 15 is 0 Å². The van der Waals surface area contributed by atoms with Gasteiger partial charge in [-0.15, -0.1) is 0 Å². The Morgan fingerprint density at radius 2 is 2.25 bits per heavy atom. The molecule has 0 saturated heterocycles. The molecule has 0 unspecified atom stereocenters. The Bertz CT molecular complexity index is 623. The third-order valence-electron chi connectivity index (χ3n) is 2.85. The smallest absolute Gasteiger partial charge is 0.339 e. The van der Waals surface area contributed by atoms with Crippen molar-refractivity contribution >= 4 is 5.97 Å². The van der Waals surface area contributed by atoms with Gasteiger partial charge in [-0.05, 0) is 26.0 Å². The molecule has 0 spiro atoms. The molecule has 0 amide bonds. The molecule has 0 aliphatic heterocycles. The topological polar surface area (TPSA) is 64.4 Å². The summed E-state index contributed by atoms with van der Waals surface area (Å²) in [5.41, 5.74) is 0.725. The molecule has 0 fully saturated rings. The Balaban J connectivity index is 2.20. The maximum atomic E-state index is 13.2. The molecule has 0 radical (unpaired) electrons. The average Bonchev–Trinajstić information content (AvgIpc) is 2.84. The van der Waals surface area contributed by atoms with Crippen molar-refractivity contribution in [1.29, 1.82) is 0 Å². The number of carboxylic acids is 1. The number of carboxylic acid groups (broad SMARTS) is 1. The first-order chi connectivity index (χ1) is 9.49. The second kappa shape index (κ2) is 5.73. The first-order valence-corrected chi connectivity index (χ1v) is 6.15. The van der Waals surface area contributed by atoms with Crippen LogP contribution in [0.3, 0.4) is 0 Å². The van der Waals surface area contributed by atoms with Crippen molar-refractivity contribution in [1.82, 2.24) is 9.55 Å². The van der Waals surface area contributed by atoms with Crippen LogP contribution < -0.4 is 4.74 Å². The zero-order chi connectivity index (χ0) is 14.7. The van der Waals surface area contributed by atoms with Gasteiger partial charge in [-0.25, -0.2) is 14.2 Å². The SMILES string of the molecule is CC(C)n1cncc1COc1cc(F)ccc1C(=O)O. The van der Waals surface area contributed by atoms with Gasteiger partial charge >= 0.3 is 5.97 Å². The summed E-state index contributed by atoms with van der Waals surface area (Å²) < 4.78 is 20.5. The Morgan fingerprint density at radius 3 is 2.90 bits per heavy atom. The van der Waals surface area contributed by atoms with Gasteiger partial charge in [0.15, 0.2) is 0 Å². The van der Waals surface area contributed by atoms with Crippen LogP contribution in [0.2, 0.25) is 0 Å². The van der Waals surface area contributed by atoms with Gasteiger partial charge < -0.3 is 14.4 Å². The fourth-order valence-electron chi connectivity index (χ4n) is 1.85. The highest BCUT2D eigenvalue weighted by Crippen LogP contribution is 2.21. The number of ether oxygens (including phenoxy) is 1. The molecular weight excluding hydrogens is 263 g/mol. The van der Waals surface area contributed by atoms with Crippen LogP contribution in [0, 0.1) is 5.82 Å². The van der Waals surface area contributed by atoms with Gasteiger partial charge in [0.05, 0.1) is 18.2 Å². The highest BCUT2D eigenvalue weighted by atomic mass is 19.1. The van der Waals surface area contributed by atoms with Gasteiger partial charge in [0.2, 0.25) is 0 Å². The maximum Gasteiger partial charge on any atom is 0.339 e. The molecule has 1 aromatic heterocycles. The van der Waals surface area contributed by atoms with E-state index in [4.69, 9.17) is 9.84 Å². The second-order valence-corrected chi connectivity index (χ2v) is 4.62. The van der Waals surface area contributed by atoms with Crippen molar-refractivity contribution in [2.45, 2.75) is 26.5 Å². The maximum absolute atomic E-state index is 13.2. The predicted octanol–water partition coefficient (Wildman–Crippen LogP) is 2.88. The van der Waals surface area contributed by atoms with Gasteiger partial charge in [-0.3, -0.25) is 0 Å². The molecular formula is C14H15FN2O3. The molecule has 0 bridgehead atoms. The lowest BCUT2D eigenvalue weighted by molar-refractivity contribution is 0.0691. The lowest BCUT2D eigenvalue weighted by Gasteiger charge is -2.13. The molecule has 2 aromatic rings. The lowest BCUT2D eigenvalue weighted by Crippen LogP contribution is -2.09. The standard InChI is InChI=1S/C14H15FN2O3/c1-9(2)17-8-16-6-11(17)7-20-13-5-10(15)3-4-12(13)14(18)19/h3-6,8-9H,7H2,1-2H3,(H,18,19). The molecule has 106 valence electrons. The van der Waals surface area contributed by atoms with E-state index in [2.05, 4.69) is 4.98 Å². The van der Waals surface area contributed by atoms with E-state index in [0.29, 0.717) is 0 Å². The average molecular weight is 278 g/mol. The highest BCUT2D eigenvalue weighted by molar-refractivity contribution is 5.90. The lowest BCUT2D eigenvalue weighted by atomic mass is 10.2. The molecule has 0 aliphatic rings. The predicted molar refractivity (Wildman–Crippen MR) is 70.3 cm³/mol. The van der Waals surface area contributed by atoms with E-state index in [-0.39, 0.29) is 24.0 Å². The summed E-state index contributed by atoms with van der Waals surface area (Å²) in [5.74, 6) is -1.69. The van der Waals surface area contributed by atoms with Crippen molar-refractivity contribution < 1.29 is 19.0 Å². The molecule has 1 aromatic carbocycles. The third-order valence-corrected chi connectivity index (χ3v) is 2.85. The van der Waals surface area contributed by atoms with Crippen LogP contribution in [0.1, 0.15) is 35.9 Å². The van der Waals surface area contributed by atoms with Gasteiger partial charge in [-0.1, -0.05) is 0 Å². The van der Waals surface area contributed by atoms with Gasteiger partial charge in [0.25, 0.3) is 0 Å². The molecule has 1 heterocycles. The van der Waals surface area contributed by atoms with E-state index in [1.165, 1.54) is 6.07 Å². The number of benzene rings is 1. The van der Waals surface area contributed by atoms with E-state index in [0.717, 1.165) is 17.8 Å². The molecule has 5 nitrogen and oxygen atoms in total. The number of imidazole rings is 1. The van der Waals surface area contributed by atoms with Crippen LogP contribution in [-0.4, -0.2) is 20.6 Å². The first kappa shape index (κ1) is 14.0. The van der Waals surface area contributed by atoms with Gasteiger partial charge in [0, 0.05) is 12.1 Å². The Morgan fingerprint density at radius 1 is 1.50 bits per heavy atom. The van der Waals surface area contributed by atoms with Crippen molar-refractivity contribution in [3.05, 3.63) is 47.8 Å². The van der Waals surface area contributed by atoms with Crippen LogP contribution in [-0.2, 0) is 6.61 Å². The van der Waals surface area contributed by atoms with Crippen LogP contribution in [0.4, 0.5) is 4.39 Å². The minimum Gasteiger partial charge on any atom is -0.486 e. The second-order valence-electron chi connectivity index (χ2n) is 4.62. The number of hydrogen-bond acceptors (Lipinski definition) is 3. The summed E-state index contributed by atoms with van der Waals surface area (Å²) in [6.45, 7) is 4.12. The molecule has 1 N–H and O–H groups in total. The van der Waals surface area contributed by atoms with Crippen molar-refractivity contribution in [3.8, 4) is 5.75 Å². The minimum absolute atomic E-state index is 0.00834. The Hall–Kier alpha value is -2.37. The van der Waals surface area contributed by atoms with Crippen LogP contribution >= 0.6 is 0 Å². The van der Waals surface area contributed by atoms with E-state index < -0.39 is 11.8 Å². The Kier molecular flexibility index (Phi) is 4.02. The fourth-order valence-corrected chi connectivity index (χ4v) is 1.85. The molecule has 0 aliphatic carbocycles. The number of nitrogens with zero attached hydrogens (tertiary/aromatic N) is 2. The van der Waals surface area contributed by atoms with E-state index in [9.17, 15) is 9.18 Å². The zero-order valence-corrected chi connectivity index (χ0v) is 11.2. The van der Waals surface area contributed by atoms with Crippen molar-refractivity contribution in [3.63, 3.8) is 0 Å². The summed E-state index contributed by atoms with van der Waals surface area (Å²) >= 11 is 0. The number of halogens is 1. The van der Waals surface area contributed by atoms with Crippen LogP contribution in [0.25, 0.3) is 0 Å². The summed E-state index contributed by atoms with van der Waals surface area (Å²) in [6.07, 6.45) is 3.31. The third kappa shape index (κ3) is 2.96. The number of rotatable bonds is 5. The highest BCUT2D eigenvalue weighted by Gasteiger charge is 2.13. The molecule has 0 saturated carbocycles. The monoisotopic (exact) mass is 278 g/mol. The van der Waals surface area contributed by atoms with Crippen LogP contribution in [0.15, 0.2) is 30.7 Å². The first-order valence-electron chi connectivity index (χ1n) is 6.15. The molecule has 20 heavy (non-hydrogen) atoms. The summed E-state index contributed by atoms with van der Waals surface area (Å²) in [6, 6.07) is 3.56. The summed E-state index contributed by atoms with van der Waals surface area (Å²) in [4.78, 5) is 15.1. The van der Waals surface area contributed by atoms with Crippen molar-refractivity contribution in [2.24, 2.45) is 0 Å². The zero-order valence-electron chi connectivity index (χ0n) is 11.2. The van der Waals surface area contributed by atoms with E-state index in [1.54, 1.807) is 12.5 Å². The van der Waals surface area contributed by atoms with Gasteiger partial charge in [-0.2, -0.15) is 0 Å². The quantitative estimate of drug-likeness (QED) is 0.913. The molecule has 6 heteroatoms. The summed E-state index contributed by atoms with van der Waals surface area (Å²) in [7, 11) is 0. The fraction of sp³-hybridized carbons (Fsp3) is 0.286. The number of aromatic nitrogens is 2. The van der Waals surface area contributed by atoms with E-state index in [1.807, 2.05) is 18.4 Å². The molecule has 2 rings (SSSR count). The number of aromatic carboxylic acids is 1. The number of carbonyl (C=O) groups is 1. The normalized spacial score (nSPS) is 10.8. The van der Waals surface area contributed by atoms with Gasteiger partial charge in [0.1, 0.15) is 23.7 Å². The number of hydrogen-bond donors (Lipinski definition) is 1. The Labute approximate surface area is 115 Å². The summed E-state index contributed by atoms with van der Waals surface area (Å²) in [5, 5.41) is 9.04. The molecule has 0 atom stereocenters. The van der Waals surface area contributed by atoms with Crippen molar-refractivity contribution in [2.75, 3.05) is 0 Å². The van der Waals surface area contributed by atoms with Crippen LogP contribution in [0.5, 0.6) is 5.75 Å².